The molecule has 2 bridgehead atoms. The molecule has 0 saturated carbocycles. The second-order valence-corrected chi connectivity index (χ2v) is 8.28. The van der Waals surface area contributed by atoms with E-state index in [-0.39, 0.29) is 11.9 Å². The van der Waals surface area contributed by atoms with Crippen molar-refractivity contribution < 1.29 is 28.6 Å². The lowest BCUT2D eigenvalue weighted by Gasteiger charge is -2.63. The van der Waals surface area contributed by atoms with Crippen molar-refractivity contribution in [2.24, 2.45) is 16.7 Å². The highest BCUT2D eigenvalue weighted by atomic mass is 16.6. The van der Waals surface area contributed by atoms with Crippen molar-refractivity contribution in [3.05, 3.63) is 48.0 Å². The maximum atomic E-state index is 12.8. The van der Waals surface area contributed by atoms with E-state index < -0.39 is 34.6 Å². The summed E-state index contributed by atoms with van der Waals surface area (Å²) in [4.78, 5) is 25.1. The Morgan fingerprint density at radius 2 is 2.04 bits per heavy atom. The molecule has 6 nitrogen and oxygen atoms in total. The first-order valence-corrected chi connectivity index (χ1v) is 8.86. The van der Waals surface area contributed by atoms with Crippen molar-refractivity contribution in [3.63, 3.8) is 0 Å². The lowest BCUT2D eigenvalue weighted by atomic mass is 9.45. The lowest BCUT2D eigenvalue weighted by Crippen LogP contribution is -2.70. The number of carbonyl (C=O) groups excluding carboxylic acids is 2. The molecule has 2 saturated heterocycles. The molecule has 1 aromatic heterocycles. The van der Waals surface area contributed by atoms with Gasteiger partial charge in [-0.05, 0) is 31.1 Å². The Labute approximate surface area is 150 Å². The number of aliphatic hydroxyl groups is 1. The second-order valence-electron chi connectivity index (χ2n) is 8.28. The monoisotopic (exact) mass is 356 g/mol. The van der Waals surface area contributed by atoms with Crippen LogP contribution in [0.1, 0.15) is 38.4 Å². The fraction of sp³-hybridized carbons (Fsp3) is 0.500. The predicted octanol–water partition coefficient (Wildman–Crippen LogP) is 2.45. The number of hydrogen-bond acceptors (Lipinski definition) is 6. The third kappa shape index (κ3) is 1.66. The Morgan fingerprint density at radius 1 is 1.23 bits per heavy atom. The SMILES string of the molecule is CC12CC(c3ccoc3)OC(=O)C1=CCC1(C)C2C2C=CC1(O)C(=O)O2. The summed E-state index contributed by atoms with van der Waals surface area (Å²) in [6, 6.07) is 1.79. The molecule has 2 aliphatic carbocycles. The van der Waals surface area contributed by atoms with Crippen molar-refractivity contribution in [1.82, 2.24) is 0 Å². The molecule has 0 spiro atoms. The molecular formula is C20H20O6. The minimum Gasteiger partial charge on any atom is -0.472 e. The van der Waals surface area contributed by atoms with Crippen LogP contribution in [0, 0.1) is 16.7 Å². The van der Waals surface area contributed by atoms with Gasteiger partial charge in [0.25, 0.3) is 0 Å². The maximum absolute atomic E-state index is 12.8. The number of allylic oxidation sites excluding steroid dienone is 1. The number of hydrogen-bond donors (Lipinski definition) is 1. The average Bonchev–Trinajstić information content (AvgIpc) is 3.10. The van der Waals surface area contributed by atoms with E-state index in [2.05, 4.69) is 0 Å². The molecule has 4 heterocycles. The smallest absolute Gasteiger partial charge is 0.343 e. The molecule has 0 aromatic carbocycles. The van der Waals surface area contributed by atoms with Crippen LogP contribution in [0.5, 0.6) is 0 Å². The van der Waals surface area contributed by atoms with Gasteiger partial charge in [-0.1, -0.05) is 19.9 Å². The van der Waals surface area contributed by atoms with Crippen molar-refractivity contribution >= 4 is 11.9 Å². The van der Waals surface area contributed by atoms with Crippen molar-refractivity contribution in [1.29, 1.82) is 0 Å². The van der Waals surface area contributed by atoms with Crippen LogP contribution in [0.3, 0.4) is 0 Å². The summed E-state index contributed by atoms with van der Waals surface area (Å²) in [5.41, 5.74) is -1.59. The Hall–Kier alpha value is -2.34. The number of esters is 2. The van der Waals surface area contributed by atoms with E-state index in [0.29, 0.717) is 18.4 Å². The highest BCUT2D eigenvalue weighted by Crippen LogP contribution is 2.65. The molecule has 6 atom stereocenters. The summed E-state index contributed by atoms with van der Waals surface area (Å²) >= 11 is 0. The Kier molecular flexibility index (Phi) is 2.86. The van der Waals surface area contributed by atoms with Crippen molar-refractivity contribution in [2.45, 2.75) is 44.5 Å². The van der Waals surface area contributed by atoms with E-state index >= 15 is 0 Å². The van der Waals surface area contributed by atoms with E-state index in [9.17, 15) is 14.7 Å². The van der Waals surface area contributed by atoms with Gasteiger partial charge in [0.1, 0.15) is 12.2 Å². The summed E-state index contributed by atoms with van der Waals surface area (Å²) in [5.74, 6) is -1.17. The molecule has 1 aromatic rings. The van der Waals surface area contributed by atoms with Crippen molar-refractivity contribution in [2.75, 3.05) is 0 Å². The first-order chi connectivity index (χ1) is 12.3. The topological polar surface area (TPSA) is 86.0 Å². The maximum Gasteiger partial charge on any atom is 0.343 e. The third-order valence-corrected chi connectivity index (χ3v) is 6.99. The lowest BCUT2D eigenvalue weighted by molar-refractivity contribution is -0.232. The van der Waals surface area contributed by atoms with Gasteiger partial charge in [0, 0.05) is 27.9 Å². The Bertz CT molecular complexity index is 867. The normalized spacial score (nSPS) is 46.1. The van der Waals surface area contributed by atoms with Crippen molar-refractivity contribution in [3.8, 4) is 0 Å². The largest absolute Gasteiger partial charge is 0.472 e. The van der Waals surface area contributed by atoms with Gasteiger partial charge < -0.3 is 19.0 Å². The Balaban J connectivity index is 1.65. The molecule has 26 heavy (non-hydrogen) atoms. The van der Waals surface area contributed by atoms with Crippen LogP contribution in [-0.4, -0.2) is 28.8 Å². The first kappa shape index (κ1) is 15.9. The zero-order valence-corrected chi connectivity index (χ0v) is 14.6. The number of carbonyl (C=O) groups is 2. The zero-order valence-electron chi connectivity index (χ0n) is 14.6. The third-order valence-electron chi connectivity index (χ3n) is 6.99. The molecule has 6 heteroatoms. The number of ether oxygens (including phenoxy) is 2. The minimum atomic E-state index is -1.68. The molecular weight excluding hydrogens is 336 g/mol. The van der Waals surface area contributed by atoms with Gasteiger partial charge in [0.15, 0.2) is 5.60 Å². The van der Waals surface area contributed by atoms with Gasteiger partial charge in [-0.2, -0.15) is 0 Å². The number of fused-ring (bicyclic) bond motifs is 2. The van der Waals surface area contributed by atoms with Crippen LogP contribution in [0.2, 0.25) is 0 Å². The van der Waals surface area contributed by atoms with Gasteiger partial charge in [-0.15, -0.1) is 0 Å². The summed E-state index contributed by atoms with van der Waals surface area (Å²) in [5, 5.41) is 11.1. The molecule has 0 radical (unpaired) electrons. The van der Waals surface area contributed by atoms with Crippen LogP contribution in [0.4, 0.5) is 0 Å². The molecule has 136 valence electrons. The van der Waals surface area contributed by atoms with E-state index in [0.717, 1.165) is 5.56 Å². The fourth-order valence-electron chi connectivity index (χ4n) is 5.64. The van der Waals surface area contributed by atoms with Crippen LogP contribution in [0.25, 0.3) is 0 Å². The molecule has 6 unspecified atom stereocenters. The van der Waals surface area contributed by atoms with E-state index in [1.165, 1.54) is 0 Å². The van der Waals surface area contributed by atoms with Gasteiger partial charge in [0.05, 0.1) is 12.5 Å². The highest BCUT2D eigenvalue weighted by Gasteiger charge is 2.71. The average molecular weight is 356 g/mol. The molecule has 6 rings (SSSR count). The quantitative estimate of drug-likeness (QED) is 0.614. The van der Waals surface area contributed by atoms with E-state index in [1.54, 1.807) is 30.7 Å². The predicted molar refractivity (Wildman–Crippen MR) is 88.5 cm³/mol. The van der Waals surface area contributed by atoms with Crippen LogP contribution in [0.15, 0.2) is 46.8 Å². The van der Waals surface area contributed by atoms with Crippen LogP contribution >= 0.6 is 0 Å². The highest BCUT2D eigenvalue weighted by molar-refractivity contribution is 5.92. The molecule has 1 N–H and O–H groups in total. The van der Waals surface area contributed by atoms with E-state index in [4.69, 9.17) is 13.9 Å². The van der Waals surface area contributed by atoms with Gasteiger partial charge in [-0.3, -0.25) is 0 Å². The van der Waals surface area contributed by atoms with Crippen LogP contribution < -0.4 is 0 Å². The van der Waals surface area contributed by atoms with Gasteiger partial charge >= 0.3 is 11.9 Å². The first-order valence-electron chi connectivity index (χ1n) is 8.86. The number of rotatable bonds is 1. The van der Waals surface area contributed by atoms with Crippen LogP contribution in [-0.2, 0) is 19.1 Å². The second kappa shape index (κ2) is 4.68. The summed E-state index contributed by atoms with van der Waals surface area (Å²) < 4.78 is 16.3. The summed E-state index contributed by atoms with van der Waals surface area (Å²) in [6.07, 6.45) is 8.36. The van der Waals surface area contributed by atoms with Gasteiger partial charge in [-0.25, -0.2) is 9.59 Å². The van der Waals surface area contributed by atoms with Gasteiger partial charge in [0.2, 0.25) is 0 Å². The Morgan fingerprint density at radius 3 is 2.73 bits per heavy atom. The summed E-state index contributed by atoms with van der Waals surface area (Å²) in [6.45, 7) is 3.93. The fourth-order valence-corrected chi connectivity index (χ4v) is 5.64. The molecule has 3 aliphatic heterocycles. The van der Waals surface area contributed by atoms with E-state index in [1.807, 2.05) is 19.9 Å². The molecule has 0 amide bonds. The molecule has 5 aliphatic rings. The summed E-state index contributed by atoms with van der Waals surface area (Å²) in [7, 11) is 0. The number of cyclic esters (lactones) is 1. The standard InChI is InChI=1S/C20H20O6/c1-18-9-14(11-5-8-24-10-11)25-16(21)12(18)3-6-19(2)15(18)13-4-7-20(19,23)17(22)26-13/h3-5,7-8,10,13-15,23H,6,9H2,1-2H3. The molecule has 2 fully saturated rings. The number of furan rings is 1. The zero-order chi connectivity index (χ0) is 18.3. The minimum absolute atomic E-state index is 0.218.